The summed E-state index contributed by atoms with van der Waals surface area (Å²) in [5, 5.41) is 9.70. The lowest BCUT2D eigenvalue weighted by atomic mass is 10.2. The minimum absolute atomic E-state index is 0.0191. The molecule has 1 aromatic heterocycles. The fraction of sp³-hybridized carbons (Fsp3) is 0.167. The number of rotatable bonds is 3. The van der Waals surface area contributed by atoms with Gasteiger partial charge in [-0.05, 0) is 18.2 Å². The molecular weight excluding hydrogens is 282 g/mol. The number of hydrogen-bond acceptors (Lipinski definition) is 4. The van der Waals surface area contributed by atoms with Gasteiger partial charge >= 0.3 is 0 Å². The minimum atomic E-state index is -0.674. The van der Waals surface area contributed by atoms with Gasteiger partial charge in [-0.25, -0.2) is 4.68 Å². The van der Waals surface area contributed by atoms with Crippen molar-refractivity contribution in [1.29, 1.82) is 0 Å². The minimum Gasteiger partial charge on any atom is -0.326 e. The summed E-state index contributed by atoms with van der Waals surface area (Å²) >= 11 is 5.84. The number of benzene rings is 1. The largest absolute Gasteiger partial charge is 0.326 e. The molecule has 0 bridgehead atoms. The predicted molar refractivity (Wildman–Crippen MR) is 72.4 cm³/mol. The van der Waals surface area contributed by atoms with Gasteiger partial charge in [-0.15, -0.1) is 0 Å². The zero-order valence-corrected chi connectivity index (χ0v) is 11.0. The van der Waals surface area contributed by atoms with Crippen molar-refractivity contribution in [2.24, 2.45) is 0 Å². The van der Waals surface area contributed by atoms with Crippen molar-refractivity contribution in [3.63, 3.8) is 0 Å². The smallest absolute Gasteiger partial charge is 0.252 e. The highest BCUT2D eigenvalue weighted by Crippen LogP contribution is 2.24. The van der Waals surface area contributed by atoms with Crippen molar-refractivity contribution in [2.45, 2.75) is 12.5 Å². The summed E-state index contributed by atoms with van der Waals surface area (Å²) < 4.78 is 1.40. The van der Waals surface area contributed by atoms with E-state index in [1.165, 1.54) is 11.0 Å². The number of aromatic nitrogens is 3. The van der Waals surface area contributed by atoms with E-state index in [4.69, 9.17) is 11.6 Å². The first kappa shape index (κ1) is 12.6. The van der Waals surface area contributed by atoms with Gasteiger partial charge in [0.25, 0.3) is 5.91 Å². The Bertz CT molecular complexity index is 684. The van der Waals surface area contributed by atoms with Gasteiger partial charge < -0.3 is 5.32 Å². The van der Waals surface area contributed by atoms with Crippen LogP contribution in [0, 0.1) is 0 Å². The standard InChI is InChI=1S/C12H10ClN5O2/c13-7-2-1-3-8(4-7)16-10(19)5-9-11(20)17-12-14-6-15-18(9)12/h1-4,6,9H,5H2,(H,16,19)(H,14,15,17,20). The molecule has 0 radical (unpaired) electrons. The number of carbonyl (C=O) groups excluding carboxylic acids is 2. The normalized spacial score (nSPS) is 16.6. The summed E-state index contributed by atoms with van der Waals surface area (Å²) in [6.45, 7) is 0. The number of halogens is 1. The molecule has 0 aliphatic carbocycles. The highest BCUT2D eigenvalue weighted by molar-refractivity contribution is 6.30. The van der Waals surface area contributed by atoms with Gasteiger partial charge in [-0.3, -0.25) is 14.9 Å². The van der Waals surface area contributed by atoms with Crippen LogP contribution >= 0.6 is 11.6 Å². The van der Waals surface area contributed by atoms with Crippen molar-refractivity contribution in [3.05, 3.63) is 35.6 Å². The second kappa shape index (κ2) is 4.93. The molecular formula is C12H10ClN5O2. The summed E-state index contributed by atoms with van der Waals surface area (Å²) in [4.78, 5) is 27.6. The van der Waals surface area contributed by atoms with Gasteiger partial charge in [0.2, 0.25) is 11.9 Å². The number of fused-ring (bicyclic) bond motifs is 1. The van der Waals surface area contributed by atoms with E-state index in [0.29, 0.717) is 16.7 Å². The SMILES string of the molecule is O=C(CC1C(=O)Nc2ncnn21)Nc1cccc(Cl)c1. The lowest BCUT2D eigenvalue weighted by Gasteiger charge is -2.09. The Morgan fingerprint density at radius 3 is 3.15 bits per heavy atom. The first-order valence-electron chi connectivity index (χ1n) is 5.89. The molecule has 0 fully saturated rings. The summed E-state index contributed by atoms with van der Waals surface area (Å²) in [5.41, 5.74) is 0.583. The molecule has 2 aromatic rings. The van der Waals surface area contributed by atoms with Crippen LogP contribution in [0.1, 0.15) is 12.5 Å². The third kappa shape index (κ3) is 2.35. The Balaban J connectivity index is 1.69. The molecule has 2 N–H and O–H groups in total. The molecule has 1 aliphatic heterocycles. The Morgan fingerprint density at radius 1 is 1.50 bits per heavy atom. The lowest BCUT2D eigenvalue weighted by molar-refractivity contribution is -0.123. The Kier molecular flexibility index (Phi) is 3.11. The highest BCUT2D eigenvalue weighted by Gasteiger charge is 2.33. The molecule has 1 aromatic carbocycles. The van der Waals surface area contributed by atoms with Gasteiger partial charge in [0.1, 0.15) is 12.4 Å². The molecule has 2 heterocycles. The van der Waals surface area contributed by atoms with E-state index in [0.717, 1.165) is 0 Å². The maximum Gasteiger partial charge on any atom is 0.252 e. The molecule has 7 nitrogen and oxygen atoms in total. The molecule has 0 saturated heterocycles. The Hall–Kier alpha value is -2.41. The first-order valence-corrected chi connectivity index (χ1v) is 6.27. The van der Waals surface area contributed by atoms with Gasteiger partial charge in [-0.1, -0.05) is 17.7 Å². The second-order valence-corrected chi connectivity index (χ2v) is 4.73. The van der Waals surface area contributed by atoms with E-state index in [9.17, 15) is 9.59 Å². The maximum atomic E-state index is 12.0. The van der Waals surface area contributed by atoms with Crippen molar-refractivity contribution in [2.75, 3.05) is 10.6 Å². The average Bonchev–Trinajstić information content (AvgIpc) is 2.93. The van der Waals surface area contributed by atoms with Gasteiger partial charge in [0.15, 0.2) is 0 Å². The average molecular weight is 292 g/mol. The summed E-state index contributed by atoms with van der Waals surface area (Å²) in [7, 11) is 0. The van der Waals surface area contributed by atoms with E-state index in [1.54, 1.807) is 24.3 Å². The molecule has 0 saturated carbocycles. The van der Waals surface area contributed by atoms with Crippen LogP contribution in [0.4, 0.5) is 11.6 Å². The number of carbonyl (C=O) groups is 2. The van der Waals surface area contributed by atoms with Crippen LogP contribution in [0.5, 0.6) is 0 Å². The van der Waals surface area contributed by atoms with E-state index >= 15 is 0 Å². The number of nitrogens with zero attached hydrogens (tertiary/aromatic N) is 3. The number of hydrogen-bond donors (Lipinski definition) is 2. The van der Waals surface area contributed by atoms with E-state index in [1.807, 2.05) is 0 Å². The Morgan fingerprint density at radius 2 is 2.35 bits per heavy atom. The van der Waals surface area contributed by atoms with Crippen molar-refractivity contribution in [1.82, 2.24) is 14.8 Å². The Labute approximate surface area is 118 Å². The molecule has 2 amide bonds. The highest BCUT2D eigenvalue weighted by atomic mass is 35.5. The molecule has 8 heteroatoms. The van der Waals surface area contributed by atoms with Crippen LogP contribution in [0.25, 0.3) is 0 Å². The second-order valence-electron chi connectivity index (χ2n) is 4.30. The van der Waals surface area contributed by atoms with Crippen LogP contribution in [-0.4, -0.2) is 26.6 Å². The lowest BCUT2D eigenvalue weighted by Crippen LogP contribution is -2.23. The van der Waals surface area contributed by atoms with Gasteiger partial charge in [0, 0.05) is 10.7 Å². The molecule has 102 valence electrons. The predicted octanol–water partition coefficient (Wildman–Crippen LogP) is 1.45. The van der Waals surface area contributed by atoms with Gasteiger partial charge in [-0.2, -0.15) is 10.1 Å². The van der Waals surface area contributed by atoms with Crippen LogP contribution in [0.15, 0.2) is 30.6 Å². The van der Waals surface area contributed by atoms with Crippen LogP contribution in [0.3, 0.4) is 0 Å². The monoisotopic (exact) mass is 291 g/mol. The number of amides is 2. The summed E-state index contributed by atoms with van der Waals surface area (Å²) in [6, 6.07) is 6.12. The van der Waals surface area contributed by atoms with Crippen LogP contribution in [0.2, 0.25) is 5.02 Å². The number of anilines is 2. The molecule has 1 unspecified atom stereocenters. The maximum absolute atomic E-state index is 12.0. The molecule has 3 rings (SSSR count). The summed E-state index contributed by atoms with van der Waals surface area (Å²) in [6.07, 6.45) is 1.31. The zero-order valence-electron chi connectivity index (χ0n) is 10.2. The van der Waals surface area contributed by atoms with Crippen LogP contribution < -0.4 is 10.6 Å². The van der Waals surface area contributed by atoms with E-state index in [2.05, 4.69) is 20.7 Å². The number of nitrogens with one attached hydrogen (secondary N) is 2. The van der Waals surface area contributed by atoms with Crippen molar-refractivity contribution in [3.8, 4) is 0 Å². The van der Waals surface area contributed by atoms with Crippen molar-refractivity contribution >= 4 is 35.1 Å². The first-order chi connectivity index (χ1) is 9.63. The quantitative estimate of drug-likeness (QED) is 0.896. The fourth-order valence-electron chi connectivity index (χ4n) is 2.01. The third-order valence-electron chi connectivity index (χ3n) is 2.89. The molecule has 1 aliphatic rings. The summed E-state index contributed by atoms with van der Waals surface area (Å²) in [5.74, 6) is -0.229. The van der Waals surface area contributed by atoms with Crippen LogP contribution in [-0.2, 0) is 9.59 Å². The van der Waals surface area contributed by atoms with Gasteiger partial charge in [0.05, 0.1) is 6.42 Å². The topological polar surface area (TPSA) is 88.9 Å². The molecule has 0 spiro atoms. The zero-order chi connectivity index (χ0) is 14.1. The van der Waals surface area contributed by atoms with Crippen molar-refractivity contribution < 1.29 is 9.59 Å². The molecule has 1 atom stereocenters. The fourth-order valence-corrected chi connectivity index (χ4v) is 2.20. The third-order valence-corrected chi connectivity index (χ3v) is 3.13. The molecule has 20 heavy (non-hydrogen) atoms. The van der Waals surface area contributed by atoms with E-state index in [-0.39, 0.29) is 18.2 Å². The van der Waals surface area contributed by atoms with E-state index < -0.39 is 6.04 Å².